The van der Waals surface area contributed by atoms with Gasteiger partial charge in [0.2, 0.25) is 11.8 Å². The lowest BCUT2D eigenvalue weighted by Crippen LogP contribution is -2.28. The lowest BCUT2D eigenvalue weighted by atomic mass is 9.95. The van der Waals surface area contributed by atoms with E-state index < -0.39 is 0 Å². The molecule has 1 saturated heterocycles. The number of amides is 3. The van der Waals surface area contributed by atoms with Crippen LogP contribution < -0.4 is 5.32 Å². The first-order valence-corrected chi connectivity index (χ1v) is 9.82. The zero-order chi connectivity index (χ0) is 18.1. The summed E-state index contributed by atoms with van der Waals surface area (Å²) in [7, 11) is 0. The van der Waals surface area contributed by atoms with Crippen LogP contribution in [-0.2, 0) is 29.0 Å². The van der Waals surface area contributed by atoms with E-state index in [0.717, 1.165) is 30.4 Å². The maximum absolute atomic E-state index is 12.6. The van der Waals surface area contributed by atoms with Crippen molar-refractivity contribution in [1.82, 2.24) is 4.90 Å². The van der Waals surface area contributed by atoms with E-state index in [4.69, 9.17) is 0 Å². The minimum absolute atomic E-state index is 0.0675. The molecule has 1 aliphatic carbocycles. The molecule has 4 rings (SSSR count). The second-order valence-electron chi connectivity index (χ2n) is 6.78. The molecule has 0 radical (unpaired) electrons. The number of benzene rings is 1. The summed E-state index contributed by atoms with van der Waals surface area (Å²) in [6.45, 7) is 0.296. The van der Waals surface area contributed by atoms with Crippen LogP contribution in [0.15, 0.2) is 29.6 Å². The highest BCUT2D eigenvalue weighted by Gasteiger charge is 2.28. The van der Waals surface area contributed by atoms with Gasteiger partial charge < -0.3 is 5.32 Å². The smallest absolute Gasteiger partial charge is 0.256 e. The quantitative estimate of drug-likeness (QED) is 0.840. The van der Waals surface area contributed by atoms with Crippen LogP contribution in [0.1, 0.15) is 52.0 Å². The van der Waals surface area contributed by atoms with Crippen LogP contribution in [0.5, 0.6) is 0 Å². The molecule has 134 valence electrons. The summed E-state index contributed by atoms with van der Waals surface area (Å²) in [5.41, 5.74) is 3.59. The molecule has 1 N–H and O–H groups in total. The molecule has 26 heavy (non-hydrogen) atoms. The number of rotatable bonds is 4. The number of carbonyl (C=O) groups is 3. The predicted molar refractivity (Wildman–Crippen MR) is 100 cm³/mol. The van der Waals surface area contributed by atoms with E-state index in [2.05, 4.69) is 5.32 Å². The van der Waals surface area contributed by atoms with E-state index in [1.54, 1.807) is 11.3 Å². The molecule has 0 spiro atoms. The normalized spacial score (nSPS) is 16.7. The van der Waals surface area contributed by atoms with E-state index in [-0.39, 0.29) is 17.7 Å². The molecule has 2 aliphatic rings. The van der Waals surface area contributed by atoms with Crippen LogP contribution in [0, 0.1) is 0 Å². The Morgan fingerprint density at radius 2 is 1.69 bits per heavy atom. The van der Waals surface area contributed by atoms with Crippen LogP contribution in [0.25, 0.3) is 0 Å². The topological polar surface area (TPSA) is 66.5 Å². The van der Waals surface area contributed by atoms with Gasteiger partial charge in [0.1, 0.15) is 0 Å². The third kappa shape index (κ3) is 3.29. The first kappa shape index (κ1) is 17.0. The van der Waals surface area contributed by atoms with Crippen LogP contribution in [-0.4, -0.2) is 22.6 Å². The van der Waals surface area contributed by atoms with Crippen LogP contribution in [0.2, 0.25) is 0 Å². The highest BCUT2D eigenvalue weighted by Crippen LogP contribution is 2.30. The van der Waals surface area contributed by atoms with Crippen molar-refractivity contribution in [2.45, 2.75) is 45.1 Å². The lowest BCUT2D eigenvalue weighted by Gasteiger charge is -2.14. The molecule has 6 heteroatoms. The van der Waals surface area contributed by atoms with Crippen molar-refractivity contribution in [2.24, 2.45) is 0 Å². The fourth-order valence-corrected chi connectivity index (χ4v) is 4.68. The molecule has 1 aromatic carbocycles. The standard InChI is InChI=1S/C20H20N2O3S/c23-18-9-10-19(24)22(18)11-13-5-7-14(8-6-13)21-20(25)16-12-26-17-4-2-1-3-15(16)17/h5-8,12H,1-4,9-11H2,(H,21,25). The molecule has 0 bridgehead atoms. The van der Waals surface area contributed by atoms with E-state index in [9.17, 15) is 14.4 Å². The molecular weight excluding hydrogens is 348 g/mol. The van der Waals surface area contributed by atoms with Gasteiger partial charge in [0, 0.05) is 28.8 Å². The van der Waals surface area contributed by atoms with Gasteiger partial charge in [-0.25, -0.2) is 0 Å². The summed E-state index contributed by atoms with van der Waals surface area (Å²) in [6, 6.07) is 7.32. The number of fused-ring (bicyclic) bond motifs is 1. The summed E-state index contributed by atoms with van der Waals surface area (Å²) in [4.78, 5) is 38.6. The number of nitrogens with one attached hydrogen (secondary N) is 1. The van der Waals surface area contributed by atoms with E-state index in [1.807, 2.05) is 29.6 Å². The van der Waals surface area contributed by atoms with Crippen LogP contribution in [0.3, 0.4) is 0 Å². The molecule has 0 atom stereocenters. The van der Waals surface area contributed by atoms with Crippen LogP contribution in [0.4, 0.5) is 5.69 Å². The van der Waals surface area contributed by atoms with E-state index in [1.165, 1.54) is 21.8 Å². The third-order valence-electron chi connectivity index (χ3n) is 5.01. The lowest BCUT2D eigenvalue weighted by molar-refractivity contribution is -0.139. The van der Waals surface area contributed by atoms with Gasteiger partial charge in [-0.05, 0) is 48.9 Å². The zero-order valence-electron chi connectivity index (χ0n) is 14.4. The fourth-order valence-electron chi connectivity index (χ4n) is 3.56. The van der Waals surface area contributed by atoms with Crippen molar-refractivity contribution in [3.63, 3.8) is 0 Å². The molecule has 2 aromatic rings. The Kier molecular flexibility index (Phi) is 4.59. The van der Waals surface area contributed by atoms with Gasteiger partial charge in [-0.15, -0.1) is 11.3 Å². The minimum Gasteiger partial charge on any atom is -0.322 e. The molecule has 0 unspecified atom stereocenters. The number of imide groups is 1. The number of nitrogens with zero attached hydrogens (tertiary/aromatic N) is 1. The van der Waals surface area contributed by atoms with Crippen molar-refractivity contribution in [1.29, 1.82) is 0 Å². The highest BCUT2D eigenvalue weighted by atomic mass is 32.1. The summed E-state index contributed by atoms with van der Waals surface area (Å²) < 4.78 is 0. The van der Waals surface area contributed by atoms with Gasteiger partial charge in [0.15, 0.2) is 0 Å². The summed E-state index contributed by atoms with van der Waals surface area (Å²) in [5, 5.41) is 4.92. The van der Waals surface area contributed by atoms with E-state index >= 15 is 0 Å². The van der Waals surface area contributed by atoms with Gasteiger partial charge in [0.25, 0.3) is 5.91 Å². The first-order valence-electron chi connectivity index (χ1n) is 8.94. The largest absolute Gasteiger partial charge is 0.322 e. The Morgan fingerprint density at radius 1 is 1.00 bits per heavy atom. The Labute approximate surface area is 156 Å². The zero-order valence-corrected chi connectivity index (χ0v) is 15.2. The molecule has 0 saturated carbocycles. The van der Waals surface area contributed by atoms with Crippen LogP contribution >= 0.6 is 11.3 Å². The SMILES string of the molecule is O=C(Nc1ccc(CN2C(=O)CCC2=O)cc1)c1csc2c1CCCC2. The Hall–Kier alpha value is -2.47. The first-order chi connectivity index (χ1) is 12.6. The van der Waals surface area contributed by atoms with E-state index in [0.29, 0.717) is 25.1 Å². The Bertz CT molecular complexity index is 854. The molecule has 1 fully saturated rings. The van der Waals surface area contributed by atoms with Gasteiger partial charge >= 0.3 is 0 Å². The molecule has 3 amide bonds. The Balaban J connectivity index is 1.43. The second-order valence-corrected chi connectivity index (χ2v) is 7.75. The number of hydrogen-bond acceptors (Lipinski definition) is 4. The Morgan fingerprint density at radius 3 is 2.42 bits per heavy atom. The molecule has 1 aliphatic heterocycles. The van der Waals surface area contributed by atoms with Crippen molar-refractivity contribution in [3.8, 4) is 0 Å². The highest BCUT2D eigenvalue weighted by molar-refractivity contribution is 7.10. The fraction of sp³-hybridized carbons (Fsp3) is 0.350. The second kappa shape index (κ2) is 7.03. The minimum atomic E-state index is -0.116. The summed E-state index contributed by atoms with van der Waals surface area (Å²) in [5.74, 6) is -0.300. The number of thiophene rings is 1. The molecular formula is C20H20N2O3S. The maximum Gasteiger partial charge on any atom is 0.256 e. The molecule has 5 nitrogen and oxygen atoms in total. The molecule has 2 heterocycles. The van der Waals surface area contributed by atoms with Gasteiger partial charge in [0.05, 0.1) is 12.1 Å². The maximum atomic E-state index is 12.6. The number of hydrogen-bond donors (Lipinski definition) is 1. The monoisotopic (exact) mass is 368 g/mol. The molecule has 1 aromatic heterocycles. The average molecular weight is 368 g/mol. The number of aryl methyl sites for hydroxylation is 1. The van der Waals surface area contributed by atoms with Gasteiger partial charge in [-0.1, -0.05) is 12.1 Å². The number of anilines is 1. The van der Waals surface area contributed by atoms with Gasteiger partial charge in [-0.2, -0.15) is 0 Å². The van der Waals surface area contributed by atoms with Gasteiger partial charge in [-0.3, -0.25) is 19.3 Å². The van der Waals surface area contributed by atoms with Crippen molar-refractivity contribution in [2.75, 3.05) is 5.32 Å². The van der Waals surface area contributed by atoms with Crippen molar-refractivity contribution >= 4 is 34.7 Å². The number of carbonyl (C=O) groups excluding carboxylic acids is 3. The van der Waals surface area contributed by atoms with Crippen molar-refractivity contribution < 1.29 is 14.4 Å². The summed E-state index contributed by atoms with van der Waals surface area (Å²) in [6.07, 6.45) is 5.02. The third-order valence-corrected chi connectivity index (χ3v) is 6.10. The predicted octanol–water partition coefficient (Wildman–Crippen LogP) is 3.53. The van der Waals surface area contributed by atoms with Crippen molar-refractivity contribution in [3.05, 3.63) is 51.2 Å². The summed E-state index contributed by atoms with van der Waals surface area (Å²) >= 11 is 1.68. The number of likely N-dealkylation sites (tertiary alicyclic amines) is 1. The average Bonchev–Trinajstić information content (AvgIpc) is 3.22.